The fraction of sp³-hybridized carbons (Fsp3) is 0.276. The van der Waals surface area contributed by atoms with Crippen LogP contribution < -0.4 is 15.4 Å². The number of anilines is 1. The zero-order valence-electron chi connectivity index (χ0n) is 22.8. The molecular weight excluding hydrogens is 533 g/mol. The van der Waals surface area contributed by atoms with Crippen molar-refractivity contribution in [1.29, 1.82) is 0 Å². The van der Waals surface area contributed by atoms with E-state index >= 15 is 0 Å². The van der Waals surface area contributed by atoms with Gasteiger partial charge in [0.05, 0.1) is 23.5 Å². The van der Waals surface area contributed by atoms with E-state index < -0.39 is 27.5 Å². The lowest BCUT2D eigenvalue weighted by molar-refractivity contribution is 0.0940. The van der Waals surface area contributed by atoms with Crippen molar-refractivity contribution in [3.63, 3.8) is 0 Å². The molecule has 2 atom stereocenters. The summed E-state index contributed by atoms with van der Waals surface area (Å²) in [6.45, 7) is 5.39. The molecule has 1 heterocycles. The number of nitrogens with two attached hydrogens (primary N) is 1. The van der Waals surface area contributed by atoms with Crippen LogP contribution in [-0.2, 0) is 22.0 Å². The van der Waals surface area contributed by atoms with Gasteiger partial charge in [-0.2, -0.15) is 0 Å². The topological polar surface area (TPSA) is 131 Å². The van der Waals surface area contributed by atoms with Gasteiger partial charge in [0.25, 0.3) is 5.91 Å². The van der Waals surface area contributed by atoms with Crippen molar-refractivity contribution < 1.29 is 22.0 Å². The van der Waals surface area contributed by atoms with E-state index in [9.17, 15) is 17.6 Å². The summed E-state index contributed by atoms with van der Waals surface area (Å²) >= 11 is 0. The molecule has 9 nitrogen and oxygen atoms in total. The molecule has 0 spiro atoms. The molecular formula is C29H32FN5O4S. The van der Waals surface area contributed by atoms with Gasteiger partial charge in [-0.3, -0.25) is 9.10 Å². The first-order valence-corrected chi connectivity index (χ1v) is 14.6. The molecule has 0 unspecified atom stereocenters. The highest BCUT2D eigenvalue weighted by Crippen LogP contribution is 2.30. The minimum atomic E-state index is -3.65. The van der Waals surface area contributed by atoms with E-state index in [2.05, 4.69) is 15.5 Å². The zero-order chi connectivity index (χ0) is 29.1. The van der Waals surface area contributed by atoms with Gasteiger partial charge in [-0.25, -0.2) is 12.8 Å². The highest BCUT2D eigenvalue weighted by molar-refractivity contribution is 7.92. The Bertz CT molecular complexity index is 1590. The van der Waals surface area contributed by atoms with E-state index in [0.717, 1.165) is 11.8 Å². The van der Waals surface area contributed by atoms with Crippen LogP contribution in [0.4, 0.5) is 10.1 Å². The average molecular weight is 566 g/mol. The third-order valence-electron chi connectivity index (χ3n) is 6.45. The Morgan fingerprint density at radius 3 is 2.40 bits per heavy atom. The number of nitrogens with zero attached hydrogens (tertiary/aromatic N) is 3. The third kappa shape index (κ3) is 6.72. The number of amides is 1. The molecule has 0 radical (unpaired) electrons. The van der Waals surface area contributed by atoms with Crippen molar-refractivity contribution in [3.8, 4) is 11.5 Å². The van der Waals surface area contributed by atoms with E-state index in [4.69, 9.17) is 10.2 Å². The molecule has 0 bridgehead atoms. The summed E-state index contributed by atoms with van der Waals surface area (Å²) in [5, 5.41) is 11.2. The number of hydrogen-bond acceptors (Lipinski definition) is 7. The number of nitrogens with one attached hydrogen (secondary N) is 1. The van der Waals surface area contributed by atoms with Crippen molar-refractivity contribution in [2.75, 3.05) is 17.1 Å². The third-order valence-corrected chi connectivity index (χ3v) is 7.72. The summed E-state index contributed by atoms with van der Waals surface area (Å²) < 4.78 is 45.5. The predicted octanol–water partition coefficient (Wildman–Crippen LogP) is 4.57. The molecule has 4 aromatic rings. The monoisotopic (exact) mass is 565 g/mol. The average Bonchev–Trinajstić information content (AvgIpc) is 3.40. The van der Waals surface area contributed by atoms with E-state index in [-0.39, 0.29) is 35.4 Å². The van der Waals surface area contributed by atoms with Crippen LogP contribution in [0, 0.1) is 5.82 Å². The van der Waals surface area contributed by atoms with E-state index in [1.54, 1.807) is 45.0 Å². The van der Waals surface area contributed by atoms with Crippen LogP contribution in [0.25, 0.3) is 11.5 Å². The number of carbonyl (C=O) groups is 1. The lowest BCUT2D eigenvalue weighted by Crippen LogP contribution is -2.35. The number of rotatable bonds is 10. The van der Waals surface area contributed by atoms with Crippen LogP contribution in [0.5, 0.6) is 0 Å². The first kappa shape index (κ1) is 28.9. The van der Waals surface area contributed by atoms with Gasteiger partial charge in [-0.1, -0.05) is 42.5 Å². The molecule has 210 valence electrons. The highest BCUT2D eigenvalue weighted by Gasteiger charge is 2.29. The molecule has 0 saturated heterocycles. The maximum absolute atomic E-state index is 13.3. The molecule has 3 aromatic carbocycles. The summed E-state index contributed by atoms with van der Waals surface area (Å²) in [5.41, 5.74) is 8.08. The Kier molecular flexibility index (Phi) is 8.36. The Labute approximate surface area is 233 Å². The van der Waals surface area contributed by atoms with Crippen molar-refractivity contribution in [2.45, 2.75) is 38.8 Å². The zero-order valence-corrected chi connectivity index (χ0v) is 23.6. The van der Waals surface area contributed by atoms with E-state index in [0.29, 0.717) is 17.5 Å². The van der Waals surface area contributed by atoms with Gasteiger partial charge in [-0.05, 0) is 68.7 Å². The first-order chi connectivity index (χ1) is 18.9. The number of sulfonamides is 1. The summed E-state index contributed by atoms with van der Waals surface area (Å²) in [5.74, 6) is -0.553. The van der Waals surface area contributed by atoms with Gasteiger partial charge in [0.1, 0.15) is 5.82 Å². The van der Waals surface area contributed by atoms with Crippen molar-refractivity contribution >= 4 is 21.6 Å². The van der Waals surface area contributed by atoms with Crippen LogP contribution in [0.1, 0.15) is 54.2 Å². The summed E-state index contributed by atoms with van der Waals surface area (Å²) in [4.78, 5) is 13.3. The molecule has 0 fully saturated rings. The molecule has 0 aliphatic carbocycles. The summed E-state index contributed by atoms with van der Waals surface area (Å²) in [7, 11) is -3.65. The van der Waals surface area contributed by atoms with Crippen LogP contribution in [0.3, 0.4) is 0 Å². The molecule has 11 heteroatoms. The van der Waals surface area contributed by atoms with Crippen LogP contribution in [0.2, 0.25) is 0 Å². The maximum Gasteiger partial charge on any atom is 0.251 e. The van der Waals surface area contributed by atoms with E-state index in [1.807, 2.05) is 30.3 Å². The molecule has 0 aliphatic heterocycles. The standard InChI is InChI=1S/C29H32FN5O4S/c1-5-35(40(4,37)38)25-16-22(26(36)32-19(2)21-11-13-24(30)14-12-21)15-23(17-25)27-33-34-28(39-27)29(3,31)18-20-9-7-6-8-10-20/h6-17,19H,5,18,31H2,1-4H3,(H,32,36)/t19-,29-/m1/s1. The SMILES string of the molecule is CCN(c1cc(C(=O)N[C@H](C)c2ccc(F)cc2)cc(-c2nnc([C@](C)(N)Cc3ccccc3)o2)c1)S(C)(=O)=O. The lowest BCUT2D eigenvalue weighted by Gasteiger charge is -2.22. The smallest absolute Gasteiger partial charge is 0.251 e. The van der Waals surface area contributed by atoms with Gasteiger partial charge < -0.3 is 15.5 Å². The fourth-order valence-electron chi connectivity index (χ4n) is 4.40. The van der Waals surface area contributed by atoms with Gasteiger partial charge in [-0.15, -0.1) is 10.2 Å². The van der Waals surface area contributed by atoms with Gasteiger partial charge in [0, 0.05) is 17.7 Å². The second-order valence-corrected chi connectivity index (χ2v) is 11.8. The minimum absolute atomic E-state index is 0.0896. The van der Waals surface area contributed by atoms with Crippen LogP contribution in [0.15, 0.2) is 77.2 Å². The fourth-order valence-corrected chi connectivity index (χ4v) is 5.36. The van der Waals surface area contributed by atoms with Gasteiger partial charge in [0.15, 0.2) is 0 Å². The molecule has 0 aliphatic rings. The summed E-state index contributed by atoms with van der Waals surface area (Å²) in [6, 6.07) is 19.6. The summed E-state index contributed by atoms with van der Waals surface area (Å²) in [6.07, 6.45) is 1.54. The molecule has 4 rings (SSSR count). The number of hydrogen-bond donors (Lipinski definition) is 2. The molecule has 40 heavy (non-hydrogen) atoms. The second-order valence-electron chi connectivity index (χ2n) is 9.94. The van der Waals surface area contributed by atoms with E-state index in [1.165, 1.54) is 22.5 Å². The normalized spacial score (nSPS) is 13.8. The van der Waals surface area contributed by atoms with Crippen molar-refractivity contribution in [3.05, 3.63) is 101 Å². The minimum Gasteiger partial charge on any atom is -0.419 e. The predicted molar refractivity (Wildman–Crippen MR) is 152 cm³/mol. The molecule has 3 N–H and O–H groups in total. The Morgan fingerprint density at radius 2 is 1.77 bits per heavy atom. The largest absolute Gasteiger partial charge is 0.419 e. The van der Waals surface area contributed by atoms with Crippen molar-refractivity contribution in [2.24, 2.45) is 5.73 Å². The number of aromatic nitrogens is 2. The number of halogens is 1. The second kappa shape index (κ2) is 11.6. The first-order valence-electron chi connectivity index (χ1n) is 12.7. The Morgan fingerprint density at radius 1 is 1.10 bits per heavy atom. The quantitative estimate of drug-likeness (QED) is 0.288. The maximum atomic E-state index is 13.3. The highest BCUT2D eigenvalue weighted by atomic mass is 32.2. The van der Waals surface area contributed by atoms with Gasteiger partial charge in [0.2, 0.25) is 21.8 Å². The van der Waals surface area contributed by atoms with Gasteiger partial charge >= 0.3 is 0 Å². The van der Waals surface area contributed by atoms with Crippen LogP contribution >= 0.6 is 0 Å². The molecule has 0 saturated carbocycles. The molecule has 1 aromatic heterocycles. The Balaban J connectivity index is 1.70. The van der Waals surface area contributed by atoms with Crippen molar-refractivity contribution in [1.82, 2.24) is 15.5 Å². The number of carbonyl (C=O) groups excluding carboxylic acids is 1. The molecule has 1 amide bonds. The lowest BCUT2D eigenvalue weighted by atomic mass is 9.94. The Hall–Kier alpha value is -4.09. The number of benzene rings is 3. The van der Waals surface area contributed by atoms with Crippen LogP contribution in [-0.4, -0.2) is 37.3 Å².